The fourth-order valence-corrected chi connectivity index (χ4v) is 3.79. The van der Waals surface area contributed by atoms with E-state index in [1.807, 2.05) is 25.7 Å². The van der Waals surface area contributed by atoms with E-state index in [0.717, 1.165) is 19.2 Å². The topological polar surface area (TPSA) is 112 Å². The minimum absolute atomic E-state index is 0. The third kappa shape index (κ3) is 10.9. The van der Waals surface area contributed by atoms with Crippen molar-refractivity contribution in [2.75, 3.05) is 32.9 Å². The van der Waals surface area contributed by atoms with Crippen LogP contribution in [0.3, 0.4) is 0 Å². The van der Waals surface area contributed by atoms with Crippen LogP contribution in [0.25, 0.3) is 0 Å². The molecule has 0 spiro atoms. The van der Waals surface area contributed by atoms with E-state index in [9.17, 15) is 13.2 Å². The number of likely N-dealkylation sites (tertiary alicyclic amines) is 1. The maximum absolute atomic E-state index is 11.9. The lowest BCUT2D eigenvalue weighted by molar-refractivity contribution is 0.0507. The van der Waals surface area contributed by atoms with Crippen LogP contribution in [0, 0.1) is 0 Å². The zero-order valence-electron chi connectivity index (χ0n) is 17.2. The molecule has 0 aromatic carbocycles. The molecule has 1 aliphatic heterocycles. The number of nitrogens with one attached hydrogen (secondary N) is 3. The number of amides is 1. The fourth-order valence-electron chi connectivity index (χ4n) is 2.71. The van der Waals surface area contributed by atoms with Crippen LogP contribution in [-0.4, -0.2) is 75.5 Å². The average Bonchev–Trinajstić information content (AvgIpc) is 2.82. The van der Waals surface area contributed by atoms with Gasteiger partial charge in [-0.25, -0.2) is 17.9 Å². The Bertz CT molecular complexity index is 631. The number of carbonyl (C=O) groups excluding carboxylic acids is 1. The fraction of sp³-hybridized carbons (Fsp3) is 0.875. The number of carbonyl (C=O) groups is 1. The molecule has 0 saturated carbocycles. The largest absolute Gasteiger partial charge is 0.444 e. The van der Waals surface area contributed by atoms with Gasteiger partial charge in [-0.15, -0.1) is 24.0 Å². The van der Waals surface area contributed by atoms with Gasteiger partial charge in [0, 0.05) is 32.2 Å². The van der Waals surface area contributed by atoms with Crippen molar-refractivity contribution in [2.45, 2.75) is 58.2 Å². The number of nitrogens with zero attached hydrogens (tertiary/aromatic N) is 2. The third-order valence-electron chi connectivity index (χ3n) is 3.57. The van der Waals surface area contributed by atoms with Crippen molar-refractivity contribution < 1.29 is 17.9 Å². The molecule has 0 radical (unpaired) electrons. The van der Waals surface area contributed by atoms with Gasteiger partial charge in [-0.1, -0.05) is 0 Å². The summed E-state index contributed by atoms with van der Waals surface area (Å²) in [6.07, 6.45) is 1.49. The van der Waals surface area contributed by atoms with Crippen LogP contribution < -0.4 is 15.4 Å². The first kappa shape index (κ1) is 26.2. The average molecular weight is 519 g/mol. The SMILES string of the molecule is CN=C(NCC(C)(C)NS(C)(=O)=O)N1CCC(NC(=O)OC(C)(C)C)C1.I. The Morgan fingerprint density at radius 2 is 1.85 bits per heavy atom. The summed E-state index contributed by atoms with van der Waals surface area (Å²) in [7, 11) is -1.62. The van der Waals surface area contributed by atoms with Gasteiger partial charge in [0.05, 0.1) is 12.3 Å². The van der Waals surface area contributed by atoms with Crippen LogP contribution in [0.15, 0.2) is 4.99 Å². The quantitative estimate of drug-likeness (QED) is 0.285. The maximum atomic E-state index is 11.9. The third-order valence-corrected chi connectivity index (χ3v) is 4.49. The van der Waals surface area contributed by atoms with Crippen LogP contribution >= 0.6 is 24.0 Å². The van der Waals surface area contributed by atoms with Gasteiger partial charge < -0.3 is 20.3 Å². The monoisotopic (exact) mass is 519 g/mol. The molecule has 1 fully saturated rings. The molecule has 27 heavy (non-hydrogen) atoms. The summed E-state index contributed by atoms with van der Waals surface area (Å²) < 4.78 is 30.7. The lowest BCUT2D eigenvalue weighted by atomic mass is 10.1. The second kappa shape index (κ2) is 10.1. The molecule has 1 atom stereocenters. The minimum atomic E-state index is -3.30. The molecule has 1 amide bonds. The van der Waals surface area contributed by atoms with E-state index in [2.05, 4.69) is 20.3 Å². The van der Waals surface area contributed by atoms with E-state index in [1.54, 1.807) is 20.9 Å². The van der Waals surface area contributed by atoms with Gasteiger partial charge in [0.2, 0.25) is 10.0 Å². The molecule has 160 valence electrons. The Morgan fingerprint density at radius 3 is 2.33 bits per heavy atom. The summed E-state index contributed by atoms with van der Waals surface area (Å²) in [6.45, 7) is 10.8. The highest BCUT2D eigenvalue weighted by molar-refractivity contribution is 14.0. The highest BCUT2D eigenvalue weighted by atomic mass is 127. The molecule has 9 nitrogen and oxygen atoms in total. The molecule has 3 N–H and O–H groups in total. The van der Waals surface area contributed by atoms with Gasteiger partial charge in [0.25, 0.3) is 0 Å². The van der Waals surface area contributed by atoms with Gasteiger partial charge in [-0.3, -0.25) is 4.99 Å². The van der Waals surface area contributed by atoms with Crippen LogP contribution in [0.1, 0.15) is 41.0 Å². The van der Waals surface area contributed by atoms with Crippen LogP contribution in [0.5, 0.6) is 0 Å². The number of sulfonamides is 1. The number of aliphatic imine (C=N–C) groups is 1. The van der Waals surface area contributed by atoms with Crippen LogP contribution in [-0.2, 0) is 14.8 Å². The summed E-state index contributed by atoms with van der Waals surface area (Å²) >= 11 is 0. The second-order valence-corrected chi connectivity index (χ2v) is 9.99. The summed E-state index contributed by atoms with van der Waals surface area (Å²) in [5, 5.41) is 6.06. The smallest absolute Gasteiger partial charge is 0.407 e. The first-order valence-corrected chi connectivity index (χ1v) is 10.5. The van der Waals surface area contributed by atoms with Gasteiger partial charge in [-0.2, -0.15) is 0 Å². The Kier molecular flexibility index (Phi) is 9.79. The van der Waals surface area contributed by atoms with Crippen LogP contribution in [0.4, 0.5) is 4.79 Å². The summed E-state index contributed by atoms with van der Waals surface area (Å²) in [4.78, 5) is 18.2. The number of hydrogen-bond acceptors (Lipinski definition) is 5. The molecule has 0 bridgehead atoms. The van der Waals surface area contributed by atoms with E-state index in [0.29, 0.717) is 19.0 Å². The second-order valence-electron chi connectivity index (χ2n) is 8.24. The molecular weight excluding hydrogens is 485 g/mol. The van der Waals surface area contributed by atoms with E-state index in [-0.39, 0.29) is 30.0 Å². The Labute approximate surface area is 180 Å². The molecule has 0 aromatic heterocycles. The first-order chi connectivity index (χ1) is 11.7. The number of ether oxygens (including phenoxy) is 1. The molecule has 1 heterocycles. The first-order valence-electron chi connectivity index (χ1n) is 8.65. The minimum Gasteiger partial charge on any atom is -0.444 e. The van der Waals surface area contributed by atoms with Crippen molar-refractivity contribution in [3.05, 3.63) is 0 Å². The van der Waals surface area contributed by atoms with Gasteiger partial charge in [-0.05, 0) is 41.0 Å². The molecule has 11 heteroatoms. The van der Waals surface area contributed by atoms with Crippen molar-refractivity contribution >= 4 is 46.1 Å². The van der Waals surface area contributed by atoms with E-state index in [1.165, 1.54) is 0 Å². The maximum Gasteiger partial charge on any atom is 0.407 e. The summed E-state index contributed by atoms with van der Waals surface area (Å²) in [5.41, 5.74) is -1.18. The van der Waals surface area contributed by atoms with E-state index in [4.69, 9.17) is 4.74 Å². The van der Waals surface area contributed by atoms with Gasteiger partial charge >= 0.3 is 6.09 Å². The van der Waals surface area contributed by atoms with Crippen molar-refractivity contribution in [3.8, 4) is 0 Å². The molecular formula is C16H34IN5O4S. The number of rotatable bonds is 5. The number of hydrogen-bond donors (Lipinski definition) is 3. The molecule has 0 aromatic rings. The highest BCUT2D eigenvalue weighted by Gasteiger charge is 2.29. The molecule has 1 rings (SSSR count). The lowest BCUT2D eigenvalue weighted by Gasteiger charge is -2.29. The molecule has 0 aliphatic carbocycles. The molecule has 1 aliphatic rings. The normalized spacial score (nSPS) is 18.7. The molecule has 1 unspecified atom stereocenters. The Balaban J connectivity index is 0.00000676. The zero-order valence-corrected chi connectivity index (χ0v) is 20.4. The predicted molar refractivity (Wildman–Crippen MR) is 118 cm³/mol. The van der Waals surface area contributed by atoms with Crippen molar-refractivity contribution in [1.29, 1.82) is 0 Å². The zero-order chi connectivity index (χ0) is 20.2. The van der Waals surface area contributed by atoms with Crippen LogP contribution in [0.2, 0.25) is 0 Å². The van der Waals surface area contributed by atoms with E-state index < -0.39 is 27.3 Å². The van der Waals surface area contributed by atoms with Crippen molar-refractivity contribution in [2.24, 2.45) is 4.99 Å². The van der Waals surface area contributed by atoms with Gasteiger partial charge in [0.1, 0.15) is 5.60 Å². The van der Waals surface area contributed by atoms with E-state index >= 15 is 0 Å². The standard InChI is InChI=1S/C16H33N5O4S.HI/c1-15(2,3)25-14(22)19-12-8-9-21(10-12)13(17-6)18-11-16(4,5)20-26(7,23)24;/h12,20H,8-11H2,1-7H3,(H,17,18)(H,19,22);1H. The Morgan fingerprint density at radius 1 is 1.26 bits per heavy atom. The summed E-state index contributed by atoms with van der Waals surface area (Å²) in [6, 6.07) is -0.0226. The van der Waals surface area contributed by atoms with Gasteiger partial charge in [0.15, 0.2) is 5.96 Å². The number of guanidine groups is 1. The van der Waals surface area contributed by atoms with Crippen molar-refractivity contribution in [1.82, 2.24) is 20.3 Å². The molecule has 1 saturated heterocycles. The summed E-state index contributed by atoms with van der Waals surface area (Å²) in [5.74, 6) is 0.668. The number of halogens is 1. The van der Waals surface area contributed by atoms with Crippen molar-refractivity contribution in [3.63, 3.8) is 0 Å². The Hall–Kier alpha value is -0.820. The predicted octanol–water partition coefficient (Wildman–Crippen LogP) is 1.11. The number of alkyl carbamates (subject to hydrolysis) is 1. The highest BCUT2D eigenvalue weighted by Crippen LogP contribution is 2.12. The lowest BCUT2D eigenvalue weighted by Crippen LogP contribution is -2.53.